The van der Waals surface area contributed by atoms with Gasteiger partial charge in [-0.25, -0.2) is 4.98 Å². The lowest BCUT2D eigenvalue weighted by Crippen LogP contribution is -2.40. The van der Waals surface area contributed by atoms with Crippen LogP contribution < -0.4 is 5.32 Å². The van der Waals surface area contributed by atoms with Gasteiger partial charge in [-0.3, -0.25) is 4.79 Å². The van der Waals surface area contributed by atoms with Crippen LogP contribution in [0.15, 0.2) is 36.7 Å². The molecule has 0 radical (unpaired) electrons. The lowest BCUT2D eigenvalue weighted by Gasteiger charge is -2.29. The molecule has 2 fully saturated rings. The Labute approximate surface area is 155 Å². The van der Waals surface area contributed by atoms with Crippen LogP contribution in [0.25, 0.3) is 0 Å². The molecule has 1 N–H and O–H groups in total. The van der Waals surface area contributed by atoms with Crippen LogP contribution in [0.4, 0.5) is 0 Å². The van der Waals surface area contributed by atoms with Crippen molar-refractivity contribution >= 4 is 5.91 Å². The number of amides is 1. The number of benzene rings is 1. The second-order valence-electron chi connectivity index (χ2n) is 7.97. The fourth-order valence-electron chi connectivity index (χ4n) is 4.28. The van der Waals surface area contributed by atoms with Gasteiger partial charge in [0, 0.05) is 25.5 Å². The van der Waals surface area contributed by atoms with Crippen molar-refractivity contribution in [3.8, 4) is 0 Å². The van der Waals surface area contributed by atoms with Gasteiger partial charge in [-0.1, -0.05) is 29.8 Å². The van der Waals surface area contributed by atoms with E-state index in [0.29, 0.717) is 24.4 Å². The third-order valence-electron chi connectivity index (χ3n) is 6.15. The minimum absolute atomic E-state index is 0.220. The number of piperidine rings is 1. The molecule has 1 aromatic heterocycles. The normalized spacial score (nSPS) is 20.9. The Hall–Kier alpha value is -2.14. The first-order valence-electron chi connectivity index (χ1n) is 9.59. The van der Waals surface area contributed by atoms with Crippen LogP contribution in [0.5, 0.6) is 0 Å². The molecule has 138 valence electrons. The van der Waals surface area contributed by atoms with Crippen LogP contribution in [-0.4, -0.2) is 39.5 Å². The minimum Gasteiger partial charge on any atom is -0.337 e. The van der Waals surface area contributed by atoms with Gasteiger partial charge in [-0.05, 0) is 50.3 Å². The third kappa shape index (κ3) is 3.40. The topological polar surface area (TPSA) is 50.2 Å². The molecular weight excluding hydrogens is 324 g/mol. The van der Waals surface area contributed by atoms with Crippen LogP contribution in [0, 0.1) is 12.3 Å². The number of nitrogens with zero attached hydrogens (tertiary/aromatic N) is 3. The first-order chi connectivity index (χ1) is 12.6. The Morgan fingerprint density at radius 3 is 2.69 bits per heavy atom. The van der Waals surface area contributed by atoms with Gasteiger partial charge in [0.1, 0.15) is 5.82 Å². The maximum Gasteiger partial charge on any atom is 0.227 e. The summed E-state index contributed by atoms with van der Waals surface area (Å²) in [6, 6.07) is 8.66. The van der Waals surface area contributed by atoms with E-state index in [-0.39, 0.29) is 5.91 Å². The molecule has 1 amide bonds. The first kappa shape index (κ1) is 17.3. The molecule has 1 spiro atoms. The number of hydrogen-bond donors (Lipinski definition) is 1. The summed E-state index contributed by atoms with van der Waals surface area (Å²) >= 11 is 0. The van der Waals surface area contributed by atoms with Gasteiger partial charge in [0.15, 0.2) is 0 Å². The van der Waals surface area contributed by atoms with Gasteiger partial charge in [-0.2, -0.15) is 0 Å². The lowest BCUT2D eigenvalue weighted by molar-refractivity contribution is -0.132. The quantitative estimate of drug-likeness (QED) is 0.899. The highest BCUT2D eigenvalue weighted by molar-refractivity contribution is 5.79. The van der Waals surface area contributed by atoms with E-state index in [2.05, 4.69) is 46.4 Å². The van der Waals surface area contributed by atoms with Crippen LogP contribution in [0.1, 0.15) is 36.2 Å². The van der Waals surface area contributed by atoms with Crippen LogP contribution in [0.3, 0.4) is 0 Å². The van der Waals surface area contributed by atoms with Crippen molar-refractivity contribution in [3.63, 3.8) is 0 Å². The number of imidazole rings is 1. The Kier molecular flexibility index (Phi) is 4.57. The predicted molar refractivity (Wildman–Crippen MR) is 102 cm³/mol. The molecule has 5 heteroatoms. The molecule has 1 saturated heterocycles. The molecule has 4 rings (SSSR count). The summed E-state index contributed by atoms with van der Waals surface area (Å²) in [5.74, 6) is 1.18. The van der Waals surface area contributed by atoms with Crippen molar-refractivity contribution in [1.82, 2.24) is 19.8 Å². The Morgan fingerprint density at radius 2 is 2.04 bits per heavy atom. The molecule has 0 unspecified atom stereocenters. The van der Waals surface area contributed by atoms with Crippen LogP contribution >= 0.6 is 0 Å². The number of aromatic nitrogens is 2. The number of aryl methyl sites for hydroxylation is 2. The molecule has 1 atom stereocenters. The van der Waals surface area contributed by atoms with E-state index in [1.54, 1.807) is 0 Å². The standard InChI is InChI=1S/C21H28N4O/c1-16-3-5-17(6-4-16)13-20(26)25(15-19-23-11-12-24(19)2)18-14-21(18)7-9-22-10-8-21/h3-6,11-12,18,22H,7-10,13-15H2,1-2H3/t18-/m0/s1. The molecule has 0 bridgehead atoms. The van der Waals surface area contributed by atoms with E-state index in [1.807, 2.05) is 24.0 Å². The van der Waals surface area contributed by atoms with Crippen molar-refractivity contribution in [2.45, 2.75) is 45.2 Å². The lowest BCUT2D eigenvalue weighted by atomic mass is 9.93. The molecule has 2 aliphatic rings. The number of hydrogen-bond acceptors (Lipinski definition) is 3. The van der Waals surface area contributed by atoms with Crippen LogP contribution in [0.2, 0.25) is 0 Å². The summed E-state index contributed by atoms with van der Waals surface area (Å²) in [6.45, 7) is 4.82. The Morgan fingerprint density at radius 1 is 1.31 bits per heavy atom. The van der Waals surface area contributed by atoms with E-state index in [9.17, 15) is 4.79 Å². The number of nitrogens with one attached hydrogen (secondary N) is 1. The monoisotopic (exact) mass is 352 g/mol. The average Bonchev–Trinajstić information content (AvgIpc) is 3.14. The zero-order chi connectivity index (χ0) is 18.1. The van der Waals surface area contributed by atoms with E-state index >= 15 is 0 Å². The highest BCUT2D eigenvalue weighted by atomic mass is 16.2. The second-order valence-corrected chi connectivity index (χ2v) is 7.97. The fourth-order valence-corrected chi connectivity index (χ4v) is 4.28. The molecular formula is C21H28N4O. The number of carbonyl (C=O) groups is 1. The first-order valence-corrected chi connectivity index (χ1v) is 9.59. The van der Waals surface area contributed by atoms with Crippen molar-refractivity contribution < 1.29 is 4.79 Å². The SMILES string of the molecule is Cc1ccc(CC(=O)N(Cc2nccn2C)[C@H]2CC23CCNCC3)cc1. The number of rotatable bonds is 5. The molecule has 1 aliphatic carbocycles. The van der Waals surface area contributed by atoms with Crippen molar-refractivity contribution in [3.05, 3.63) is 53.6 Å². The smallest absolute Gasteiger partial charge is 0.227 e. The number of carbonyl (C=O) groups excluding carboxylic acids is 1. The van der Waals surface area contributed by atoms with Gasteiger partial charge in [0.2, 0.25) is 5.91 Å². The highest BCUT2D eigenvalue weighted by Gasteiger charge is 2.57. The maximum absolute atomic E-state index is 13.2. The summed E-state index contributed by atoms with van der Waals surface area (Å²) in [7, 11) is 2.00. The summed E-state index contributed by atoms with van der Waals surface area (Å²) in [5.41, 5.74) is 2.65. The zero-order valence-corrected chi connectivity index (χ0v) is 15.7. The van der Waals surface area contributed by atoms with Crippen LogP contribution in [-0.2, 0) is 24.8 Å². The van der Waals surface area contributed by atoms with E-state index in [4.69, 9.17) is 0 Å². The molecule has 1 saturated carbocycles. The van der Waals surface area contributed by atoms with E-state index in [1.165, 1.54) is 18.4 Å². The van der Waals surface area contributed by atoms with Gasteiger partial charge < -0.3 is 14.8 Å². The molecule has 1 aliphatic heterocycles. The van der Waals surface area contributed by atoms with Crippen molar-refractivity contribution in [2.75, 3.05) is 13.1 Å². The molecule has 5 nitrogen and oxygen atoms in total. The Bertz CT molecular complexity index is 774. The van der Waals surface area contributed by atoms with E-state index < -0.39 is 0 Å². The largest absolute Gasteiger partial charge is 0.337 e. The fraction of sp³-hybridized carbons (Fsp3) is 0.524. The van der Waals surface area contributed by atoms with Gasteiger partial charge in [0.05, 0.1) is 13.0 Å². The van der Waals surface area contributed by atoms with Gasteiger partial charge in [-0.15, -0.1) is 0 Å². The zero-order valence-electron chi connectivity index (χ0n) is 15.7. The molecule has 26 heavy (non-hydrogen) atoms. The predicted octanol–water partition coefficient (Wildman–Crippen LogP) is 2.44. The van der Waals surface area contributed by atoms with Gasteiger partial charge >= 0.3 is 0 Å². The third-order valence-corrected chi connectivity index (χ3v) is 6.15. The van der Waals surface area contributed by atoms with Crippen molar-refractivity contribution in [1.29, 1.82) is 0 Å². The van der Waals surface area contributed by atoms with Crippen molar-refractivity contribution in [2.24, 2.45) is 12.5 Å². The Balaban J connectivity index is 1.53. The summed E-state index contributed by atoms with van der Waals surface area (Å²) in [4.78, 5) is 19.8. The molecule has 1 aromatic carbocycles. The minimum atomic E-state index is 0.220. The van der Waals surface area contributed by atoms with Gasteiger partial charge in [0.25, 0.3) is 0 Å². The summed E-state index contributed by atoms with van der Waals surface area (Å²) < 4.78 is 2.02. The highest BCUT2D eigenvalue weighted by Crippen LogP contribution is 2.56. The second kappa shape index (κ2) is 6.88. The molecule has 2 heterocycles. The summed E-state index contributed by atoms with van der Waals surface area (Å²) in [5, 5.41) is 3.45. The summed E-state index contributed by atoms with van der Waals surface area (Å²) in [6.07, 6.45) is 7.71. The van der Waals surface area contributed by atoms with E-state index in [0.717, 1.165) is 30.9 Å². The average molecular weight is 352 g/mol. The maximum atomic E-state index is 13.2. The molecule has 2 aromatic rings.